The van der Waals surface area contributed by atoms with E-state index in [-0.39, 0.29) is 9.64 Å². The van der Waals surface area contributed by atoms with Crippen LogP contribution in [-0.4, -0.2) is 23.3 Å². The van der Waals surface area contributed by atoms with E-state index in [1.165, 1.54) is 6.42 Å². The second-order valence-corrected chi connectivity index (χ2v) is 4.78. The monoisotopic (exact) mass is 176 g/mol. The largest absolute Gasteiger partial charge is 0.245 e. The number of nitrogens with one attached hydrogen (secondary N) is 1. The van der Waals surface area contributed by atoms with Crippen molar-refractivity contribution in [3.63, 3.8) is 0 Å². The smallest absolute Gasteiger partial charge is 0.0426 e. The standard InChI is InChI=1S/C6H12N2S2/c1-2-5-8-7-4-3-6-10(8)9/h2,7H,1,3-6H2. The van der Waals surface area contributed by atoms with Crippen molar-refractivity contribution in [2.45, 2.75) is 6.42 Å². The van der Waals surface area contributed by atoms with Crippen LogP contribution in [0.3, 0.4) is 0 Å². The molecule has 1 saturated heterocycles. The van der Waals surface area contributed by atoms with Crippen molar-refractivity contribution in [3.8, 4) is 0 Å². The average molecular weight is 176 g/mol. The van der Waals surface area contributed by atoms with E-state index in [1.807, 2.05) is 6.08 Å². The molecule has 0 aromatic carbocycles. The first-order valence-corrected chi connectivity index (χ1v) is 5.62. The molecule has 0 amide bonds. The molecule has 4 heteroatoms. The van der Waals surface area contributed by atoms with Gasteiger partial charge in [0.15, 0.2) is 0 Å². The molecule has 1 unspecified atom stereocenters. The maximum Gasteiger partial charge on any atom is 0.0426 e. The van der Waals surface area contributed by atoms with Crippen LogP contribution in [0.1, 0.15) is 6.42 Å². The maximum atomic E-state index is 5.22. The SMILES string of the molecule is C=CCN1NCCCS1=S. The second-order valence-electron chi connectivity index (χ2n) is 2.14. The van der Waals surface area contributed by atoms with E-state index in [4.69, 9.17) is 11.2 Å². The van der Waals surface area contributed by atoms with Gasteiger partial charge >= 0.3 is 0 Å². The van der Waals surface area contributed by atoms with E-state index in [1.54, 1.807) is 0 Å². The zero-order chi connectivity index (χ0) is 7.40. The van der Waals surface area contributed by atoms with Gasteiger partial charge in [-0.15, -0.1) is 6.58 Å². The van der Waals surface area contributed by atoms with E-state index in [0.29, 0.717) is 0 Å². The van der Waals surface area contributed by atoms with Crippen LogP contribution in [0.25, 0.3) is 0 Å². The Bertz CT molecular complexity index is 147. The van der Waals surface area contributed by atoms with Crippen molar-refractivity contribution in [2.75, 3.05) is 18.8 Å². The lowest BCUT2D eigenvalue weighted by molar-refractivity contribution is 0.365. The highest BCUT2D eigenvalue weighted by Gasteiger charge is 2.11. The van der Waals surface area contributed by atoms with Crippen LogP contribution in [0.5, 0.6) is 0 Å². The fourth-order valence-corrected chi connectivity index (χ4v) is 2.66. The van der Waals surface area contributed by atoms with Gasteiger partial charge in [-0.3, -0.25) is 0 Å². The Kier molecular flexibility index (Phi) is 3.48. The van der Waals surface area contributed by atoms with Gasteiger partial charge in [0.25, 0.3) is 0 Å². The summed E-state index contributed by atoms with van der Waals surface area (Å²) < 4.78 is 2.09. The highest BCUT2D eigenvalue weighted by atomic mass is 32.8. The molecule has 1 fully saturated rings. The molecule has 0 aromatic rings. The van der Waals surface area contributed by atoms with E-state index in [0.717, 1.165) is 18.8 Å². The number of rotatable bonds is 2. The molecule has 1 atom stereocenters. The number of hydrazine groups is 1. The summed E-state index contributed by atoms with van der Waals surface area (Å²) in [7, 11) is 0.00644. The van der Waals surface area contributed by atoms with Gasteiger partial charge in [0.05, 0.1) is 0 Å². The third-order valence-electron chi connectivity index (χ3n) is 1.32. The Balaban J connectivity index is 2.39. The third kappa shape index (κ3) is 2.12. The molecule has 2 nitrogen and oxygen atoms in total. The molecule has 1 aliphatic rings. The molecule has 0 aromatic heterocycles. The minimum Gasteiger partial charge on any atom is -0.245 e. The van der Waals surface area contributed by atoms with Gasteiger partial charge in [-0.1, -0.05) is 6.08 Å². The Morgan fingerprint density at radius 3 is 3.20 bits per heavy atom. The van der Waals surface area contributed by atoms with E-state index < -0.39 is 0 Å². The van der Waals surface area contributed by atoms with Crippen LogP contribution in [0.4, 0.5) is 0 Å². The average Bonchev–Trinajstić information content (AvgIpc) is 1.94. The summed E-state index contributed by atoms with van der Waals surface area (Å²) in [5, 5.41) is 0. The van der Waals surface area contributed by atoms with Crippen LogP contribution in [-0.2, 0) is 20.8 Å². The predicted octanol–water partition coefficient (Wildman–Crippen LogP) is 0.378. The second kappa shape index (κ2) is 4.18. The summed E-state index contributed by atoms with van der Waals surface area (Å²) in [6.07, 6.45) is 3.09. The molecule has 0 spiro atoms. The topological polar surface area (TPSA) is 15.3 Å². The quantitative estimate of drug-likeness (QED) is 0.612. The van der Waals surface area contributed by atoms with Gasteiger partial charge in [0.1, 0.15) is 0 Å². The molecule has 1 heterocycles. The lowest BCUT2D eigenvalue weighted by Crippen LogP contribution is -2.44. The zero-order valence-corrected chi connectivity index (χ0v) is 7.51. The van der Waals surface area contributed by atoms with Crippen molar-refractivity contribution in [1.29, 1.82) is 0 Å². The van der Waals surface area contributed by atoms with Crippen LogP contribution in [0.2, 0.25) is 0 Å². The van der Waals surface area contributed by atoms with Gasteiger partial charge in [-0.05, 0) is 27.2 Å². The molecule has 1 aliphatic heterocycles. The first-order chi connectivity index (χ1) is 4.84. The van der Waals surface area contributed by atoms with Gasteiger partial charge < -0.3 is 0 Å². The summed E-state index contributed by atoms with van der Waals surface area (Å²) in [4.78, 5) is 0. The summed E-state index contributed by atoms with van der Waals surface area (Å²) in [6, 6.07) is 0. The number of hydrogen-bond acceptors (Lipinski definition) is 2. The Labute approximate surface area is 69.0 Å². The van der Waals surface area contributed by atoms with Crippen LogP contribution in [0, 0.1) is 0 Å². The molecule has 0 saturated carbocycles. The minimum absolute atomic E-state index is 0.00644. The molecule has 1 rings (SSSR count). The highest BCUT2D eigenvalue weighted by molar-refractivity contribution is 8.27. The van der Waals surface area contributed by atoms with E-state index in [9.17, 15) is 0 Å². The Morgan fingerprint density at radius 2 is 2.60 bits per heavy atom. The van der Waals surface area contributed by atoms with Gasteiger partial charge in [0.2, 0.25) is 0 Å². The van der Waals surface area contributed by atoms with Crippen LogP contribution in [0.15, 0.2) is 12.7 Å². The van der Waals surface area contributed by atoms with Gasteiger partial charge in [0, 0.05) is 18.8 Å². The molecule has 58 valence electrons. The molecule has 1 N–H and O–H groups in total. The number of nitrogens with zero attached hydrogens (tertiary/aromatic N) is 1. The summed E-state index contributed by atoms with van der Waals surface area (Å²) in [5.41, 5.74) is 3.24. The van der Waals surface area contributed by atoms with Crippen LogP contribution >= 0.6 is 0 Å². The molecule has 10 heavy (non-hydrogen) atoms. The van der Waals surface area contributed by atoms with Crippen molar-refractivity contribution in [2.24, 2.45) is 0 Å². The Morgan fingerprint density at radius 1 is 1.80 bits per heavy atom. The van der Waals surface area contributed by atoms with Crippen molar-refractivity contribution in [3.05, 3.63) is 12.7 Å². The molecular formula is C6H12N2S2. The fourth-order valence-electron chi connectivity index (χ4n) is 0.847. The van der Waals surface area contributed by atoms with Crippen molar-refractivity contribution >= 4 is 20.8 Å². The first kappa shape index (κ1) is 8.33. The summed E-state index contributed by atoms with van der Waals surface area (Å²) >= 11 is 5.22. The summed E-state index contributed by atoms with van der Waals surface area (Å²) in [5.74, 6) is 1.15. The van der Waals surface area contributed by atoms with Crippen molar-refractivity contribution in [1.82, 2.24) is 9.84 Å². The van der Waals surface area contributed by atoms with E-state index in [2.05, 4.69) is 16.4 Å². The zero-order valence-electron chi connectivity index (χ0n) is 5.88. The number of hydrogen-bond donors (Lipinski definition) is 1. The lowest BCUT2D eigenvalue weighted by atomic mass is 10.5. The Hall–Kier alpha value is 0.230. The van der Waals surface area contributed by atoms with Gasteiger partial charge in [-0.25, -0.2) is 5.43 Å². The lowest BCUT2D eigenvalue weighted by Gasteiger charge is -2.27. The predicted molar refractivity (Wildman–Crippen MR) is 49.1 cm³/mol. The van der Waals surface area contributed by atoms with Crippen molar-refractivity contribution < 1.29 is 0 Å². The fraction of sp³-hybridized carbons (Fsp3) is 0.667. The highest BCUT2D eigenvalue weighted by Crippen LogP contribution is 2.00. The van der Waals surface area contributed by atoms with E-state index >= 15 is 0 Å². The van der Waals surface area contributed by atoms with Gasteiger partial charge in [-0.2, -0.15) is 4.41 Å². The normalized spacial score (nSPS) is 28.2. The molecular weight excluding hydrogens is 164 g/mol. The maximum absolute atomic E-state index is 5.22. The first-order valence-electron chi connectivity index (χ1n) is 3.35. The minimum atomic E-state index is 0.00644. The molecule has 0 aliphatic carbocycles. The molecule has 0 bridgehead atoms. The summed E-state index contributed by atoms with van der Waals surface area (Å²) in [6.45, 7) is 5.60. The van der Waals surface area contributed by atoms with Crippen LogP contribution < -0.4 is 5.43 Å². The third-order valence-corrected chi connectivity index (χ3v) is 3.77. The molecule has 0 radical (unpaired) electrons.